The van der Waals surface area contributed by atoms with E-state index in [-0.39, 0.29) is 29.2 Å². The smallest absolute Gasteiger partial charge is 0.247 e. The van der Waals surface area contributed by atoms with Crippen molar-refractivity contribution in [1.82, 2.24) is 0 Å². The average Bonchev–Trinajstić information content (AvgIpc) is 2.99. The number of halogens is 1. The van der Waals surface area contributed by atoms with Gasteiger partial charge in [-0.3, -0.25) is 9.59 Å². The fraction of sp³-hybridized carbons (Fsp3) is 0.200. The SMILES string of the molecule is COc1ccc(C(C)=NN=C(N)SC2CC(=O)N(c3ccccc3)C2=O)cc1F. The normalized spacial score (nSPS) is 17.8. The zero-order valence-electron chi connectivity index (χ0n) is 15.8. The summed E-state index contributed by atoms with van der Waals surface area (Å²) in [6, 6.07) is 13.1. The molecule has 1 atom stereocenters. The van der Waals surface area contributed by atoms with Crippen molar-refractivity contribution in [2.24, 2.45) is 15.9 Å². The summed E-state index contributed by atoms with van der Waals surface area (Å²) in [4.78, 5) is 26.0. The van der Waals surface area contributed by atoms with Crippen LogP contribution in [0.5, 0.6) is 5.75 Å². The number of amides is 2. The Kier molecular flexibility index (Phi) is 6.28. The molecule has 0 saturated carbocycles. The highest BCUT2D eigenvalue weighted by Gasteiger charge is 2.40. The van der Waals surface area contributed by atoms with Crippen LogP contribution in [0.25, 0.3) is 0 Å². The third-order valence-corrected chi connectivity index (χ3v) is 5.23. The molecule has 1 heterocycles. The summed E-state index contributed by atoms with van der Waals surface area (Å²) in [5, 5.41) is 7.27. The van der Waals surface area contributed by atoms with E-state index in [1.165, 1.54) is 19.2 Å². The molecule has 2 N–H and O–H groups in total. The summed E-state index contributed by atoms with van der Waals surface area (Å²) in [5.74, 6) is -1.02. The maximum atomic E-state index is 13.8. The molecule has 0 spiro atoms. The first-order chi connectivity index (χ1) is 13.9. The Bertz CT molecular complexity index is 994. The fourth-order valence-electron chi connectivity index (χ4n) is 2.79. The number of hydrogen-bond acceptors (Lipinski definition) is 6. The van der Waals surface area contributed by atoms with Crippen LogP contribution in [0.4, 0.5) is 10.1 Å². The molecular formula is C20H19FN4O3S. The van der Waals surface area contributed by atoms with Crippen LogP contribution in [0.3, 0.4) is 0 Å². The Labute approximate surface area is 171 Å². The maximum absolute atomic E-state index is 13.8. The summed E-state index contributed by atoms with van der Waals surface area (Å²) in [6.07, 6.45) is 0.0288. The molecule has 0 radical (unpaired) electrons. The van der Waals surface area contributed by atoms with Gasteiger partial charge in [-0.15, -0.1) is 5.10 Å². The van der Waals surface area contributed by atoms with E-state index in [0.29, 0.717) is 17.0 Å². The van der Waals surface area contributed by atoms with Crippen molar-refractivity contribution in [2.75, 3.05) is 12.0 Å². The minimum Gasteiger partial charge on any atom is -0.494 e. The van der Waals surface area contributed by atoms with Crippen molar-refractivity contribution >= 4 is 40.1 Å². The summed E-state index contributed by atoms with van der Waals surface area (Å²) < 4.78 is 18.7. The molecule has 2 aromatic carbocycles. The summed E-state index contributed by atoms with van der Waals surface area (Å²) >= 11 is 0.978. The molecule has 7 nitrogen and oxygen atoms in total. The van der Waals surface area contributed by atoms with Gasteiger partial charge in [0, 0.05) is 12.0 Å². The van der Waals surface area contributed by atoms with Crippen LogP contribution in [0, 0.1) is 5.82 Å². The van der Waals surface area contributed by atoms with Gasteiger partial charge in [-0.2, -0.15) is 5.10 Å². The van der Waals surface area contributed by atoms with Gasteiger partial charge >= 0.3 is 0 Å². The number of methoxy groups -OCH3 is 1. The van der Waals surface area contributed by atoms with Gasteiger partial charge in [0.05, 0.1) is 18.5 Å². The number of nitrogens with two attached hydrogens (primary N) is 1. The van der Waals surface area contributed by atoms with E-state index < -0.39 is 11.1 Å². The largest absolute Gasteiger partial charge is 0.494 e. The minimum absolute atomic E-state index is 0.0288. The van der Waals surface area contributed by atoms with Crippen molar-refractivity contribution in [2.45, 2.75) is 18.6 Å². The second-order valence-electron chi connectivity index (χ2n) is 6.19. The summed E-state index contributed by atoms with van der Waals surface area (Å²) in [6.45, 7) is 1.66. The summed E-state index contributed by atoms with van der Waals surface area (Å²) in [5.41, 5.74) is 7.36. The van der Waals surface area contributed by atoms with Crippen LogP contribution in [-0.2, 0) is 9.59 Å². The number of carbonyl (C=O) groups excluding carboxylic acids is 2. The van der Waals surface area contributed by atoms with Gasteiger partial charge in [-0.05, 0) is 37.3 Å². The van der Waals surface area contributed by atoms with Crippen molar-refractivity contribution in [3.05, 3.63) is 59.9 Å². The molecule has 150 valence electrons. The zero-order valence-corrected chi connectivity index (χ0v) is 16.6. The van der Waals surface area contributed by atoms with Crippen LogP contribution in [0.15, 0.2) is 58.7 Å². The van der Waals surface area contributed by atoms with Crippen molar-refractivity contribution in [3.63, 3.8) is 0 Å². The third-order valence-electron chi connectivity index (χ3n) is 4.25. The first kappa shape index (κ1) is 20.5. The second-order valence-corrected chi connectivity index (χ2v) is 7.41. The quantitative estimate of drug-likeness (QED) is 0.351. The number of nitrogens with zero attached hydrogens (tertiary/aromatic N) is 3. The standard InChI is InChI=1S/C20H19FN4O3S/c1-12(13-8-9-16(28-2)15(21)10-13)23-24-20(22)29-17-11-18(26)25(19(17)27)14-6-4-3-5-7-14/h3-10,17H,11H2,1-2H3,(H2,22,24). The number of benzene rings is 2. The van der Waals surface area contributed by atoms with Gasteiger partial charge in [0.25, 0.3) is 0 Å². The lowest BCUT2D eigenvalue weighted by Crippen LogP contribution is -2.31. The van der Waals surface area contributed by atoms with Crippen LogP contribution in [0.2, 0.25) is 0 Å². The Morgan fingerprint density at radius 1 is 1.21 bits per heavy atom. The van der Waals surface area contributed by atoms with E-state index in [4.69, 9.17) is 10.5 Å². The Morgan fingerprint density at radius 3 is 2.59 bits per heavy atom. The maximum Gasteiger partial charge on any atom is 0.247 e. The molecule has 9 heteroatoms. The number of hydrogen-bond donors (Lipinski definition) is 1. The molecule has 2 amide bonds. The lowest BCUT2D eigenvalue weighted by molar-refractivity contribution is -0.121. The molecule has 3 rings (SSSR count). The highest BCUT2D eigenvalue weighted by molar-refractivity contribution is 8.14. The van der Waals surface area contributed by atoms with Gasteiger partial charge in [0.15, 0.2) is 16.7 Å². The fourth-order valence-corrected chi connectivity index (χ4v) is 3.60. The highest BCUT2D eigenvalue weighted by atomic mass is 32.2. The molecule has 2 aromatic rings. The van der Waals surface area contributed by atoms with E-state index in [1.807, 2.05) is 0 Å². The highest BCUT2D eigenvalue weighted by Crippen LogP contribution is 2.29. The first-order valence-corrected chi connectivity index (χ1v) is 9.58. The number of amidine groups is 1. The van der Waals surface area contributed by atoms with Crippen molar-refractivity contribution in [3.8, 4) is 5.75 Å². The third kappa shape index (κ3) is 4.62. The van der Waals surface area contributed by atoms with Gasteiger partial charge in [-0.1, -0.05) is 30.0 Å². The van der Waals surface area contributed by atoms with Crippen molar-refractivity contribution < 1.29 is 18.7 Å². The number of para-hydroxylation sites is 1. The summed E-state index contributed by atoms with van der Waals surface area (Å²) in [7, 11) is 1.38. The molecule has 0 aliphatic carbocycles. The second kappa shape index (κ2) is 8.87. The van der Waals surface area contributed by atoms with Crippen LogP contribution in [-0.4, -0.2) is 35.1 Å². The number of imide groups is 1. The Morgan fingerprint density at radius 2 is 1.93 bits per heavy atom. The van der Waals surface area contributed by atoms with E-state index in [2.05, 4.69) is 10.2 Å². The van der Waals surface area contributed by atoms with Crippen molar-refractivity contribution in [1.29, 1.82) is 0 Å². The molecule has 1 unspecified atom stereocenters. The van der Waals surface area contributed by atoms with Crippen LogP contribution < -0.4 is 15.4 Å². The molecule has 1 aliphatic heterocycles. The Balaban J connectivity index is 1.69. The van der Waals surface area contributed by atoms with Gasteiger partial charge in [0.2, 0.25) is 11.8 Å². The molecule has 29 heavy (non-hydrogen) atoms. The lowest BCUT2D eigenvalue weighted by atomic mass is 10.1. The van der Waals surface area contributed by atoms with E-state index in [0.717, 1.165) is 16.7 Å². The van der Waals surface area contributed by atoms with E-state index >= 15 is 0 Å². The number of rotatable bonds is 5. The topological polar surface area (TPSA) is 97.3 Å². The van der Waals surface area contributed by atoms with Gasteiger partial charge < -0.3 is 10.5 Å². The number of anilines is 1. The number of thioether (sulfide) groups is 1. The average molecular weight is 414 g/mol. The van der Waals surface area contributed by atoms with E-state index in [1.54, 1.807) is 43.3 Å². The number of ether oxygens (including phenoxy) is 1. The molecule has 0 aromatic heterocycles. The molecule has 1 saturated heterocycles. The first-order valence-electron chi connectivity index (χ1n) is 8.71. The molecule has 1 aliphatic rings. The van der Waals surface area contributed by atoms with E-state index in [9.17, 15) is 14.0 Å². The van der Waals surface area contributed by atoms with Crippen LogP contribution >= 0.6 is 11.8 Å². The molecule has 0 bridgehead atoms. The predicted octanol–water partition coefficient (Wildman–Crippen LogP) is 2.94. The lowest BCUT2D eigenvalue weighted by Gasteiger charge is -2.14. The monoisotopic (exact) mass is 414 g/mol. The van der Waals surface area contributed by atoms with Gasteiger partial charge in [0.1, 0.15) is 5.25 Å². The van der Waals surface area contributed by atoms with Gasteiger partial charge in [-0.25, -0.2) is 9.29 Å². The number of carbonyl (C=O) groups is 2. The molecule has 1 fully saturated rings. The zero-order chi connectivity index (χ0) is 21.0. The minimum atomic E-state index is -0.666. The molecular weight excluding hydrogens is 395 g/mol. The Hall–Kier alpha value is -3.20. The predicted molar refractivity (Wildman–Crippen MR) is 112 cm³/mol. The van der Waals surface area contributed by atoms with Crippen LogP contribution in [0.1, 0.15) is 18.9 Å².